The minimum Gasteiger partial charge on any atom is -0.489 e. The lowest BCUT2D eigenvalue weighted by atomic mass is 10.1. The van der Waals surface area contributed by atoms with E-state index in [1.54, 1.807) is 0 Å². The van der Waals surface area contributed by atoms with Crippen molar-refractivity contribution >= 4 is 15.9 Å². The predicted molar refractivity (Wildman–Crippen MR) is 76.5 cm³/mol. The highest BCUT2D eigenvalue weighted by molar-refractivity contribution is 9.10. The van der Waals surface area contributed by atoms with Gasteiger partial charge in [0.15, 0.2) is 11.6 Å². The fourth-order valence-corrected chi connectivity index (χ4v) is 2.05. The van der Waals surface area contributed by atoms with E-state index >= 15 is 0 Å². The van der Waals surface area contributed by atoms with Crippen LogP contribution in [0.25, 0.3) is 0 Å². The molecule has 1 rings (SSSR count). The molecule has 0 aromatic heterocycles. The zero-order valence-electron chi connectivity index (χ0n) is 11.5. The monoisotopic (exact) mass is 335 g/mol. The maximum absolute atomic E-state index is 13.4. The van der Waals surface area contributed by atoms with Gasteiger partial charge >= 0.3 is 0 Å². The van der Waals surface area contributed by atoms with Crippen LogP contribution in [0.1, 0.15) is 33.6 Å². The molecule has 0 aliphatic carbocycles. The molecule has 0 fully saturated rings. The number of unbranched alkanes of at least 4 members (excludes halogenated alkanes) is 1. The maximum atomic E-state index is 13.4. The van der Waals surface area contributed by atoms with Crippen molar-refractivity contribution in [1.82, 2.24) is 5.32 Å². The zero-order chi connectivity index (χ0) is 14.5. The van der Waals surface area contributed by atoms with E-state index in [-0.39, 0.29) is 11.3 Å². The van der Waals surface area contributed by atoms with Gasteiger partial charge in [-0.25, -0.2) is 8.78 Å². The maximum Gasteiger partial charge on any atom is 0.169 e. The molecule has 19 heavy (non-hydrogen) atoms. The van der Waals surface area contributed by atoms with Crippen LogP contribution in [0.2, 0.25) is 0 Å². The molecule has 0 heterocycles. The molecule has 0 aliphatic heterocycles. The molecule has 0 radical (unpaired) electrons. The molecule has 0 amide bonds. The summed E-state index contributed by atoms with van der Waals surface area (Å²) in [6.45, 7) is 7.62. The largest absolute Gasteiger partial charge is 0.489 e. The fourth-order valence-electron chi connectivity index (χ4n) is 1.53. The Labute approximate surface area is 121 Å². The van der Waals surface area contributed by atoms with E-state index < -0.39 is 11.6 Å². The van der Waals surface area contributed by atoms with Gasteiger partial charge in [0.2, 0.25) is 0 Å². The minimum atomic E-state index is -0.681. The van der Waals surface area contributed by atoms with Crippen LogP contribution < -0.4 is 10.1 Å². The van der Waals surface area contributed by atoms with Gasteiger partial charge in [-0.05, 0) is 62.2 Å². The van der Waals surface area contributed by atoms with Crippen LogP contribution in [-0.2, 0) is 0 Å². The van der Waals surface area contributed by atoms with Gasteiger partial charge in [-0.3, -0.25) is 0 Å². The van der Waals surface area contributed by atoms with Crippen molar-refractivity contribution in [2.75, 3.05) is 13.2 Å². The topological polar surface area (TPSA) is 21.3 Å². The van der Waals surface area contributed by atoms with Gasteiger partial charge in [-0.2, -0.15) is 0 Å². The first-order valence-electron chi connectivity index (χ1n) is 6.32. The summed E-state index contributed by atoms with van der Waals surface area (Å²) in [7, 11) is 0. The highest BCUT2D eigenvalue weighted by atomic mass is 79.9. The van der Waals surface area contributed by atoms with Crippen LogP contribution in [0.4, 0.5) is 8.78 Å². The smallest absolute Gasteiger partial charge is 0.169 e. The first-order valence-corrected chi connectivity index (χ1v) is 7.11. The Hall–Kier alpha value is -0.680. The lowest BCUT2D eigenvalue weighted by Crippen LogP contribution is -2.36. The van der Waals surface area contributed by atoms with Crippen molar-refractivity contribution in [3.05, 3.63) is 28.2 Å². The van der Waals surface area contributed by atoms with E-state index in [9.17, 15) is 8.78 Å². The van der Waals surface area contributed by atoms with Gasteiger partial charge in [0.05, 0.1) is 11.1 Å². The van der Waals surface area contributed by atoms with E-state index in [0.717, 1.165) is 25.5 Å². The molecule has 0 atom stereocenters. The van der Waals surface area contributed by atoms with Gasteiger partial charge in [0, 0.05) is 11.6 Å². The number of rotatable bonds is 6. The molecule has 108 valence electrons. The van der Waals surface area contributed by atoms with Crippen molar-refractivity contribution in [3.8, 4) is 5.75 Å². The van der Waals surface area contributed by atoms with E-state index in [1.165, 1.54) is 6.07 Å². The quantitative estimate of drug-likeness (QED) is 0.783. The first kappa shape index (κ1) is 16.4. The highest BCUT2D eigenvalue weighted by Gasteiger charge is 2.11. The molecule has 0 saturated heterocycles. The summed E-state index contributed by atoms with van der Waals surface area (Å²) in [5.74, 6) is -1.23. The highest BCUT2D eigenvalue weighted by Crippen LogP contribution is 2.29. The summed E-state index contributed by atoms with van der Waals surface area (Å²) in [6.07, 6.45) is 1.75. The van der Waals surface area contributed by atoms with Gasteiger partial charge in [-0.1, -0.05) is 0 Å². The fraction of sp³-hybridized carbons (Fsp3) is 0.571. The van der Waals surface area contributed by atoms with Gasteiger partial charge in [0.1, 0.15) is 5.82 Å². The van der Waals surface area contributed by atoms with Crippen LogP contribution in [0.3, 0.4) is 0 Å². The summed E-state index contributed by atoms with van der Waals surface area (Å²) in [5.41, 5.74) is 0.104. The molecule has 1 aromatic rings. The molecule has 0 aliphatic rings. The molecule has 0 unspecified atom stereocenters. The van der Waals surface area contributed by atoms with Crippen LogP contribution >= 0.6 is 15.9 Å². The summed E-state index contributed by atoms with van der Waals surface area (Å²) >= 11 is 3.09. The average Bonchev–Trinajstić information content (AvgIpc) is 2.24. The molecule has 0 bridgehead atoms. The minimum absolute atomic E-state index is 0.0742. The number of benzene rings is 1. The van der Waals surface area contributed by atoms with Crippen LogP contribution in [-0.4, -0.2) is 18.7 Å². The van der Waals surface area contributed by atoms with E-state index in [4.69, 9.17) is 4.74 Å². The molecule has 0 spiro atoms. The molecular formula is C14H20BrF2NO. The predicted octanol–water partition coefficient (Wildman–Crippen LogP) is 4.27. The second kappa shape index (κ2) is 7.20. The van der Waals surface area contributed by atoms with Crippen LogP contribution in [0, 0.1) is 11.6 Å². The second-order valence-electron chi connectivity index (χ2n) is 5.43. The molecular weight excluding hydrogens is 316 g/mol. The Balaban J connectivity index is 2.30. The normalized spacial score (nSPS) is 11.7. The van der Waals surface area contributed by atoms with E-state index in [2.05, 4.69) is 42.0 Å². The number of hydrogen-bond acceptors (Lipinski definition) is 2. The number of halogens is 3. The number of nitrogens with one attached hydrogen (secondary N) is 1. The van der Waals surface area contributed by atoms with Crippen LogP contribution in [0.15, 0.2) is 16.6 Å². The lowest BCUT2D eigenvalue weighted by molar-refractivity contribution is 0.285. The van der Waals surface area contributed by atoms with Crippen molar-refractivity contribution in [2.45, 2.75) is 39.2 Å². The van der Waals surface area contributed by atoms with E-state index in [1.807, 2.05) is 0 Å². The Morgan fingerprint density at radius 3 is 2.47 bits per heavy atom. The summed E-state index contributed by atoms with van der Waals surface area (Å²) in [4.78, 5) is 0. The second-order valence-corrected chi connectivity index (χ2v) is 6.29. The Morgan fingerprint density at radius 2 is 1.89 bits per heavy atom. The first-order chi connectivity index (χ1) is 8.79. The van der Waals surface area contributed by atoms with Gasteiger partial charge in [0.25, 0.3) is 0 Å². The Bertz CT molecular complexity index is 395. The third kappa shape index (κ3) is 6.34. The lowest BCUT2D eigenvalue weighted by Gasteiger charge is -2.20. The van der Waals surface area contributed by atoms with Crippen molar-refractivity contribution in [2.24, 2.45) is 0 Å². The Kier molecular flexibility index (Phi) is 6.20. The summed E-state index contributed by atoms with van der Waals surface area (Å²) in [5, 5.41) is 3.36. The molecule has 1 aromatic carbocycles. The van der Waals surface area contributed by atoms with Crippen molar-refractivity contribution in [1.29, 1.82) is 0 Å². The molecule has 0 saturated carbocycles. The molecule has 2 nitrogen and oxygen atoms in total. The summed E-state index contributed by atoms with van der Waals surface area (Å²) < 4.78 is 32.0. The third-order valence-corrected chi connectivity index (χ3v) is 3.02. The van der Waals surface area contributed by atoms with Crippen molar-refractivity contribution < 1.29 is 13.5 Å². The molecule has 1 N–H and O–H groups in total. The zero-order valence-corrected chi connectivity index (χ0v) is 13.1. The summed E-state index contributed by atoms with van der Waals surface area (Å²) in [6, 6.07) is 2.01. The SMILES string of the molecule is CC(C)(C)NCCCCOc1c(F)cc(F)cc1Br. The Morgan fingerprint density at radius 1 is 1.21 bits per heavy atom. The van der Waals surface area contributed by atoms with Gasteiger partial charge < -0.3 is 10.1 Å². The van der Waals surface area contributed by atoms with Gasteiger partial charge in [-0.15, -0.1) is 0 Å². The van der Waals surface area contributed by atoms with Crippen molar-refractivity contribution in [3.63, 3.8) is 0 Å². The average molecular weight is 336 g/mol. The standard InChI is InChI=1S/C14H20BrF2NO/c1-14(2,3)18-6-4-5-7-19-13-11(15)8-10(16)9-12(13)17/h8-9,18H,4-7H2,1-3H3. The number of hydrogen-bond donors (Lipinski definition) is 1. The van der Waals surface area contributed by atoms with Crippen LogP contribution in [0.5, 0.6) is 5.75 Å². The molecule has 5 heteroatoms. The third-order valence-electron chi connectivity index (χ3n) is 2.44. The number of ether oxygens (including phenoxy) is 1. The van der Waals surface area contributed by atoms with E-state index in [0.29, 0.717) is 11.1 Å².